The lowest BCUT2D eigenvalue weighted by molar-refractivity contribution is 0.102. The summed E-state index contributed by atoms with van der Waals surface area (Å²) in [4.78, 5) is 12.3. The number of hydrogen-bond acceptors (Lipinski definition) is 3. The summed E-state index contributed by atoms with van der Waals surface area (Å²) in [5.41, 5.74) is 10.8. The Labute approximate surface area is 124 Å². The molecule has 0 aliphatic carbocycles. The summed E-state index contributed by atoms with van der Waals surface area (Å²) < 4.78 is 5.25. The van der Waals surface area contributed by atoms with Gasteiger partial charge in [-0.25, -0.2) is 0 Å². The Hall–Kier alpha value is -2.49. The number of nitrogens with two attached hydrogens (primary N) is 1. The molecular formula is C17H20N2O2. The predicted molar refractivity (Wildman–Crippen MR) is 86.0 cm³/mol. The van der Waals surface area contributed by atoms with Gasteiger partial charge in [0.1, 0.15) is 5.75 Å². The van der Waals surface area contributed by atoms with Gasteiger partial charge in [0.25, 0.3) is 5.91 Å². The van der Waals surface area contributed by atoms with Crippen molar-refractivity contribution in [3.63, 3.8) is 0 Å². The van der Waals surface area contributed by atoms with Gasteiger partial charge in [-0.15, -0.1) is 0 Å². The van der Waals surface area contributed by atoms with Gasteiger partial charge < -0.3 is 15.8 Å². The first-order valence-corrected chi connectivity index (χ1v) is 6.75. The molecule has 0 atom stereocenters. The SMILES string of the molecule is COc1cc(C(=O)Nc2cc(C)c(N)cc2C)ccc1C. The summed E-state index contributed by atoms with van der Waals surface area (Å²) in [5.74, 6) is 0.536. The van der Waals surface area contributed by atoms with Crippen molar-refractivity contribution >= 4 is 17.3 Å². The van der Waals surface area contributed by atoms with Crippen molar-refractivity contribution in [3.8, 4) is 5.75 Å². The Bertz CT molecular complexity index is 693. The molecule has 0 radical (unpaired) electrons. The second kappa shape index (κ2) is 5.87. The minimum absolute atomic E-state index is 0.166. The number of benzene rings is 2. The number of rotatable bonds is 3. The molecule has 0 aliphatic rings. The number of nitrogens with one attached hydrogen (secondary N) is 1. The molecule has 0 bridgehead atoms. The van der Waals surface area contributed by atoms with Crippen molar-refractivity contribution in [3.05, 3.63) is 52.6 Å². The van der Waals surface area contributed by atoms with E-state index in [0.29, 0.717) is 11.3 Å². The van der Waals surface area contributed by atoms with E-state index in [1.54, 1.807) is 19.2 Å². The molecule has 0 aromatic heterocycles. The summed E-state index contributed by atoms with van der Waals surface area (Å²) >= 11 is 0. The van der Waals surface area contributed by atoms with Gasteiger partial charge in [0.2, 0.25) is 0 Å². The molecule has 2 aromatic carbocycles. The monoisotopic (exact) mass is 284 g/mol. The number of anilines is 2. The van der Waals surface area contributed by atoms with Crippen LogP contribution >= 0.6 is 0 Å². The number of amides is 1. The summed E-state index contributed by atoms with van der Waals surface area (Å²) in [6.07, 6.45) is 0. The van der Waals surface area contributed by atoms with Crippen molar-refractivity contribution < 1.29 is 9.53 Å². The van der Waals surface area contributed by atoms with Crippen molar-refractivity contribution in [2.24, 2.45) is 0 Å². The van der Waals surface area contributed by atoms with Crippen molar-refractivity contribution in [2.75, 3.05) is 18.2 Å². The molecule has 0 unspecified atom stereocenters. The zero-order valence-corrected chi connectivity index (χ0v) is 12.8. The highest BCUT2D eigenvalue weighted by Crippen LogP contribution is 2.24. The van der Waals surface area contributed by atoms with Crippen LogP contribution in [0, 0.1) is 20.8 Å². The van der Waals surface area contributed by atoms with Gasteiger partial charge in [-0.1, -0.05) is 6.07 Å². The van der Waals surface area contributed by atoms with Crippen LogP contribution in [0.5, 0.6) is 5.75 Å². The summed E-state index contributed by atoms with van der Waals surface area (Å²) in [6, 6.07) is 9.14. The third kappa shape index (κ3) is 3.16. The smallest absolute Gasteiger partial charge is 0.255 e. The number of methoxy groups -OCH3 is 1. The van der Waals surface area contributed by atoms with Gasteiger partial charge in [-0.05, 0) is 61.7 Å². The van der Waals surface area contributed by atoms with Gasteiger partial charge in [0.15, 0.2) is 0 Å². The molecule has 0 fully saturated rings. The fourth-order valence-electron chi connectivity index (χ4n) is 2.13. The van der Waals surface area contributed by atoms with E-state index in [9.17, 15) is 4.79 Å². The van der Waals surface area contributed by atoms with E-state index in [1.165, 1.54) is 0 Å². The van der Waals surface area contributed by atoms with Crippen LogP contribution in [0.1, 0.15) is 27.0 Å². The van der Waals surface area contributed by atoms with Crippen LogP contribution < -0.4 is 15.8 Å². The van der Waals surface area contributed by atoms with Gasteiger partial charge >= 0.3 is 0 Å². The Morgan fingerprint density at radius 2 is 1.76 bits per heavy atom. The van der Waals surface area contributed by atoms with Crippen LogP contribution in [0.15, 0.2) is 30.3 Å². The molecule has 1 amide bonds. The topological polar surface area (TPSA) is 64.3 Å². The predicted octanol–water partition coefficient (Wildman–Crippen LogP) is 3.45. The molecule has 0 aliphatic heterocycles. The standard InChI is InChI=1S/C17H20N2O2/c1-10-5-6-13(9-16(10)21-4)17(20)19-15-8-11(2)14(18)7-12(15)3/h5-9H,18H2,1-4H3,(H,19,20). The van der Waals surface area contributed by atoms with E-state index in [2.05, 4.69) is 5.32 Å². The maximum Gasteiger partial charge on any atom is 0.255 e. The van der Waals surface area contributed by atoms with Crippen LogP contribution in [-0.4, -0.2) is 13.0 Å². The number of aryl methyl sites for hydroxylation is 3. The maximum atomic E-state index is 12.3. The molecule has 0 saturated heterocycles. The summed E-state index contributed by atoms with van der Waals surface area (Å²) in [6.45, 7) is 5.77. The van der Waals surface area contributed by atoms with Crippen LogP contribution in [0.4, 0.5) is 11.4 Å². The molecule has 4 nitrogen and oxygen atoms in total. The first-order chi connectivity index (χ1) is 9.92. The summed E-state index contributed by atoms with van der Waals surface area (Å²) in [7, 11) is 1.59. The van der Waals surface area contributed by atoms with Gasteiger partial charge in [0.05, 0.1) is 7.11 Å². The van der Waals surface area contributed by atoms with E-state index in [4.69, 9.17) is 10.5 Å². The lowest BCUT2D eigenvalue weighted by Crippen LogP contribution is -2.13. The lowest BCUT2D eigenvalue weighted by Gasteiger charge is -2.12. The number of nitrogen functional groups attached to an aromatic ring is 1. The second-order valence-corrected chi connectivity index (χ2v) is 5.16. The Morgan fingerprint density at radius 1 is 1.05 bits per heavy atom. The zero-order valence-electron chi connectivity index (χ0n) is 12.8. The first-order valence-electron chi connectivity index (χ1n) is 6.75. The van der Waals surface area contributed by atoms with E-state index >= 15 is 0 Å². The number of carbonyl (C=O) groups is 1. The largest absolute Gasteiger partial charge is 0.496 e. The molecule has 3 N–H and O–H groups in total. The number of carbonyl (C=O) groups excluding carboxylic acids is 1. The highest BCUT2D eigenvalue weighted by Gasteiger charge is 2.11. The van der Waals surface area contributed by atoms with E-state index in [1.807, 2.05) is 39.0 Å². The fourth-order valence-corrected chi connectivity index (χ4v) is 2.13. The lowest BCUT2D eigenvalue weighted by atomic mass is 10.1. The third-order valence-corrected chi connectivity index (χ3v) is 3.53. The third-order valence-electron chi connectivity index (χ3n) is 3.53. The van der Waals surface area contributed by atoms with Gasteiger partial charge in [-0.3, -0.25) is 4.79 Å². The number of hydrogen-bond donors (Lipinski definition) is 2. The Balaban J connectivity index is 2.28. The van der Waals surface area contributed by atoms with Crippen molar-refractivity contribution in [1.82, 2.24) is 0 Å². The average Bonchev–Trinajstić information content (AvgIpc) is 2.45. The fraction of sp³-hybridized carbons (Fsp3) is 0.235. The van der Waals surface area contributed by atoms with E-state index in [0.717, 1.165) is 28.1 Å². The van der Waals surface area contributed by atoms with Crippen molar-refractivity contribution in [1.29, 1.82) is 0 Å². The van der Waals surface area contributed by atoms with Crippen molar-refractivity contribution in [2.45, 2.75) is 20.8 Å². The second-order valence-electron chi connectivity index (χ2n) is 5.16. The highest BCUT2D eigenvalue weighted by molar-refractivity contribution is 6.05. The molecule has 0 saturated carbocycles. The minimum atomic E-state index is -0.166. The van der Waals surface area contributed by atoms with Gasteiger partial charge in [0, 0.05) is 16.9 Å². The van der Waals surface area contributed by atoms with Crippen LogP contribution in [0.25, 0.3) is 0 Å². The molecule has 21 heavy (non-hydrogen) atoms. The normalized spacial score (nSPS) is 10.3. The molecule has 0 heterocycles. The quantitative estimate of drug-likeness (QED) is 0.848. The van der Waals surface area contributed by atoms with E-state index < -0.39 is 0 Å². The molecular weight excluding hydrogens is 264 g/mol. The Kier molecular flexibility index (Phi) is 4.17. The molecule has 0 spiro atoms. The van der Waals surface area contributed by atoms with E-state index in [-0.39, 0.29) is 5.91 Å². The zero-order chi connectivity index (χ0) is 15.6. The molecule has 110 valence electrons. The van der Waals surface area contributed by atoms with Crippen LogP contribution in [-0.2, 0) is 0 Å². The molecule has 4 heteroatoms. The Morgan fingerprint density at radius 3 is 2.43 bits per heavy atom. The molecule has 2 aromatic rings. The van der Waals surface area contributed by atoms with Gasteiger partial charge in [-0.2, -0.15) is 0 Å². The molecule has 2 rings (SSSR count). The maximum absolute atomic E-state index is 12.3. The average molecular weight is 284 g/mol. The summed E-state index contributed by atoms with van der Waals surface area (Å²) in [5, 5.41) is 2.92. The highest BCUT2D eigenvalue weighted by atomic mass is 16.5. The first kappa shape index (κ1) is 14.9. The van der Waals surface area contributed by atoms with Crippen LogP contribution in [0.3, 0.4) is 0 Å². The number of ether oxygens (including phenoxy) is 1. The van der Waals surface area contributed by atoms with Crippen LogP contribution in [0.2, 0.25) is 0 Å². The minimum Gasteiger partial charge on any atom is -0.496 e.